The van der Waals surface area contributed by atoms with E-state index in [9.17, 15) is 0 Å². The molecule has 1 N–H and O–H groups in total. The van der Waals surface area contributed by atoms with E-state index in [1.165, 1.54) is 12.2 Å². The molecule has 76 valence electrons. The van der Waals surface area contributed by atoms with Gasteiger partial charge in [-0.15, -0.1) is 0 Å². The first-order valence-electron chi connectivity index (χ1n) is 4.80. The van der Waals surface area contributed by atoms with Crippen molar-refractivity contribution >= 4 is 11.8 Å². The zero-order valence-corrected chi connectivity index (χ0v) is 9.31. The van der Waals surface area contributed by atoms with E-state index in [1.54, 1.807) is 0 Å². The fourth-order valence-corrected chi connectivity index (χ4v) is 1.79. The number of aromatic amines is 1. The average Bonchev–Trinajstić information content (AvgIpc) is 2.63. The maximum Gasteiger partial charge on any atom is 0.255 e. The van der Waals surface area contributed by atoms with Crippen LogP contribution in [0.5, 0.6) is 0 Å². The number of rotatable bonds is 6. The van der Waals surface area contributed by atoms with Gasteiger partial charge in [-0.05, 0) is 18.4 Å². The van der Waals surface area contributed by atoms with Crippen LogP contribution >= 0.6 is 11.8 Å². The molecule has 3 nitrogen and oxygen atoms in total. The number of nitrogens with one attached hydrogen (secondary N) is 1. The summed E-state index contributed by atoms with van der Waals surface area (Å²) in [5.74, 6) is 2.35. The van der Waals surface area contributed by atoms with Crippen molar-refractivity contribution in [3.8, 4) is 6.07 Å². The Bertz CT molecular complexity index is 301. The third-order valence-corrected chi connectivity index (χ3v) is 2.77. The minimum atomic E-state index is 0.586. The number of aryl methyl sites for hydroxylation is 2. The van der Waals surface area contributed by atoms with Crippen molar-refractivity contribution in [3.63, 3.8) is 0 Å². The standard InChI is InChI=1S/C10H15N3S/c1-14-9-3-7-13-8-6-12-10(13)4-2-5-11/h6,8H,2-4,7,9H2,1H3/p+1. The second kappa shape index (κ2) is 6.50. The van der Waals surface area contributed by atoms with Crippen molar-refractivity contribution < 1.29 is 4.57 Å². The molecule has 4 heteroatoms. The molecule has 0 amide bonds. The Kier molecular flexibility index (Phi) is 5.16. The first-order valence-corrected chi connectivity index (χ1v) is 6.19. The molecule has 0 unspecified atom stereocenters. The van der Waals surface area contributed by atoms with Gasteiger partial charge in [0.2, 0.25) is 0 Å². The average molecular weight is 210 g/mol. The number of imidazole rings is 1. The molecule has 0 spiro atoms. The molecule has 1 rings (SSSR count). The first-order chi connectivity index (χ1) is 6.88. The Morgan fingerprint density at radius 2 is 2.50 bits per heavy atom. The summed E-state index contributed by atoms with van der Waals surface area (Å²) in [5.41, 5.74) is 0. The maximum absolute atomic E-state index is 8.49. The molecule has 0 aromatic carbocycles. The molecule has 0 radical (unpaired) electrons. The van der Waals surface area contributed by atoms with E-state index in [2.05, 4.69) is 21.9 Å². The van der Waals surface area contributed by atoms with E-state index in [4.69, 9.17) is 5.26 Å². The van der Waals surface area contributed by atoms with E-state index in [0.29, 0.717) is 6.42 Å². The first kappa shape index (κ1) is 11.1. The number of H-pyrrole nitrogens is 1. The Morgan fingerprint density at radius 3 is 3.21 bits per heavy atom. The molecular formula is C10H16N3S+. The smallest absolute Gasteiger partial charge is 0.248 e. The van der Waals surface area contributed by atoms with Gasteiger partial charge in [0.15, 0.2) is 0 Å². The molecular weight excluding hydrogens is 194 g/mol. The van der Waals surface area contributed by atoms with E-state index in [0.717, 1.165) is 18.8 Å². The quantitative estimate of drug-likeness (QED) is 0.571. The number of aromatic nitrogens is 2. The molecule has 0 aliphatic heterocycles. The van der Waals surface area contributed by atoms with Gasteiger partial charge < -0.3 is 0 Å². The van der Waals surface area contributed by atoms with E-state index >= 15 is 0 Å². The second-order valence-corrected chi connectivity index (χ2v) is 4.09. The highest BCUT2D eigenvalue weighted by atomic mass is 32.2. The van der Waals surface area contributed by atoms with Gasteiger partial charge in [-0.25, -0.2) is 9.55 Å². The van der Waals surface area contributed by atoms with E-state index in [-0.39, 0.29) is 0 Å². The summed E-state index contributed by atoms with van der Waals surface area (Å²) in [7, 11) is 0. The summed E-state index contributed by atoms with van der Waals surface area (Å²) in [4.78, 5) is 3.17. The predicted octanol–water partition coefficient (Wildman–Crippen LogP) is 1.51. The molecule has 0 aliphatic carbocycles. The molecule has 0 saturated carbocycles. The lowest BCUT2D eigenvalue weighted by atomic mass is 10.3. The van der Waals surface area contributed by atoms with Gasteiger partial charge in [0.1, 0.15) is 12.4 Å². The predicted molar refractivity (Wildman–Crippen MR) is 57.9 cm³/mol. The van der Waals surface area contributed by atoms with Crippen LogP contribution in [0.25, 0.3) is 0 Å². The van der Waals surface area contributed by atoms with Gasteiger partial charge in [-0.1, -0.05) is 0 Å². The number of thioether (sulfide) groups is 1. The summed E-state index contributed by atoms with van der Waals surface area (Å²) in [6.45, 7) is 1.05. The lowest BCUT2D eigenvalue weighted by molar-refractivity contribution is -0.702. The van der Waals surface area contributed by atoms with Crippen molar-refractivity contribution in [2.45, 2.75) is 25.8 Å². The van der Waals surface area contributed by atoms with Gasteiger partial charge in [0.25, 0.3) is 5.82 Å². The zero-order valence-electron chi connectivity index (χ0n) is 8.49. The summed E-state index contributed by atoms with van der Waals surface area (Å²) >= 11 is 1.87. The maximum atomic E-state index is 8.49. The fraction of sp³-hybridized carbons (Fsp3) is 0.600. The molecule has 1 aromatic heterocycles. The van der Waals surface area contributed by atoms with Gasteiger partial charge >= 0.3 is 0 Å². The van der Waals surface area contributed by atoms with Crippen LogP contribution in [-0.4, -0.2) is 17.0 Å². The van der Waals surface area contributed by atoms with Crippen LogP contribution in [0.2, 0.25) is 0 Å². The van der Waals surface area contributed by atoms with Crippen LogP contribution in [0.3, 0.4) is 0 Å². The second-order valence-electron chi connectivity index (χ2n) is 3.10. The zero-order chi connectivity index (χ0) is 10.2. The number of nitriles is 1. The molecule has 1 heterocycles. The molecule has 0 bridgehead atoms. The Hall–Kier alpha value is -0.950. The lowest BCUT2D eigenvalue weighted by Gasteiger charge is -1.98. The molecule has 0 fully saturated rings. The van der Waals surface area contributed by atoms with Gasteiger partial charge in [-0.3, -0.25) is 0 Å². The summed E-state index contributed by atoms with van der Waals surface area (Å²) in [6, 6.07) is 2.16. The van der Waals surface area contributed by atoms with E-state index in [1.807, 2.05) is 24.2 Å². The van der Waals surface area contributed by atoms with Crippen LogP contribution in [0.4, 0.5) is 0 Å². The summed E-state index contributed by atoms with van der Waals surface area (Å²) < 4.78 is 2.20. The number of nitrogens with zero attached hydrogens (tertiary/aromatic N) is 2. The van der Waals surface area contributed by atoms with Gasteiger partial charge in [-0.2, -0.15) is 17.0 Å². The minimum absolute atomic E-state index is 0.586. The molecule has 0 aliphatic rings. The molecule has 1 aromatic rings. The monoisotopic (exact) mass is 210 g/mol. The highest BCUT2D eigenvalue weighted by Crippen LogP contribution is 1.97. The Morgan fingerprint density at radius 1 is 1.64 bits per heavy atom. The third kappa shape index (κ3) is 3.43. The Labute approximate surface area is 89.1 Å². The van der Waals surface area contributed by atoms with Crippen molar-refractivity contribution in [2.75, 3.05) is 12.0 Å². The minimum Gasteiger partial charge on any atom is -0.248 e. The third-order valence-electron chi connectivity index (χ3n) is 2.07. The highest BCUT2D eigenvalue weighted by molar-refractivity contribution is 7.98. The largest absolute Gasteiger partial charge is 0.255 e. The van der Waals surface area contributed by atoms with E-state index < -0.39 is 0 Å². The van der Waals surface area contributed by atoms with Crippen LogP contribution in [0.1, 0.15) is 18.7 Å². The molecule has 0 saturated heterocycles. The van der Waals surface area contributed by atoms with Crippen LogP contribution in [0.15, 0.2) is 12.4 Å². The normalized spacial score (nSPS) is 10.0. The Balaban J connectivity index is 2.42. The van der Waals surface area contributed by atoms with Crippen LogP contribution in [-0.2, 0) is 13.0 Å². The van der Waals surface area contributed by atoms with Gasteiger partial charge in [0, 0.05) is 6.42 Å². The number of hydrogen-bond donors (Lipinski definition) is 1. The van der Waals surface area contributed by atoms with Crippen molar-refractivity contribution in [2.24, 2.45) is 0 Å². The lowest BCUT2D eigenvalue weighted by Crippen LogP contribution is -2.36. The highest BCUT2D eigenvalue weighted by Gasteiger charge is 2.08. The molecule has 14 heavy (non-hydrogen) atoms. The van der Waals surface area contributed by atoms with Gasteiger partial charge in [0.05, 0.1) is 19.0 Å². The fourth-order valence-electron chi connectivity index (χ4n) is 1.38. The number of hydrogen-bond acceptors (Lipinski definition) is 2. The topological polar surface area (TPSA) is 43.5 Å². The van der Waals surface area contributed by atoms with Crippen LogP contribution < -0.4 is 4.57 Å². The van der Waals surface area contributed by atoms with Crippen molar-refractivity contribution in [1.82, 2.24) is 4.98 Å². The molecule has 0 atom stereocenters. The van der Waals surface area contributed by atoms with Crippen LogP contribution in [0, 0.1) is 11.3 Å². The van der Waals surface area contributed by atoms with Crippen molar-refractivity contribution in [3.05, 3.63) is 18.2 Å². The summed E-state index contributed by atoms with van der Waals surface area (Å²) in [5, 5.41) is 8.49. The van der Waals surface area contributed by atoms with Crippen molar-refractivity contribution in [1.29, 1.82) is 5.26 Å². The summed E-state index contributed by atoms with van der Waals surface area (Å²) in [6.07, 6.45) is 8.70. The SMILES string of the molecule is CSCCC[n+]1cc[nH]c1CCC#N.